The Kier molecular flexibility index (Phi) is 7.42. The number of halogens is 4. The highest BCUT2D eigenvalue weighted by molar-refractivity contribution is 7.99. The van der Waals surface area contributed by atoms with Crippen molar-refractivity contribution >= 4 is 46.0 Å². The van der Waals surface area contributed by atoms with Crippen molar-refractivity contribution in [1.82, 2.24) is 14.5 Å². The molecule has 0 aliphatic heterocycles. The van der Waals surface area contributed by atoms with Crippen LogP contribution in [0.15, 0.2) is 46.5 Å². The molecule has 3 aromatic rings. The zero-order valence-electron chi connectivity index (χ0n) is 16.9. The molecular weight excluding hydrogens is 469 g/mol. The van der Waals surface area contributed by atoms with Gasteiger partial charge in [-0.15, -0.1) is 0 Å². The van der Waals surface area contributed by atoms with E-state index in [9.17, 15) is 22.8 Å². The third kappa shape index (κ3) is 5.40. The monoisotopic (exact) mass is 486 g/mol. The smallest absolute Gasteiger partial charge is 0.383 e. The molecule has 1 N–H and O–H groups in total. The summed E-state index contributed by atoms with van der Waals surface area (Å²) in [4.78, 5) is 33.5. The maximum Gasteiger partial charge on any atom is 0.417 e. The minimum Gasteiger partial charge on any atom is -0.383 e. The molecule has 1 aromatic carbocycles. The van der Waals surface area contributed by atoms with Crippen LogP contribution in [0.3, 0.4) is 0 Å². The van der Waals surface area contributed by atoms with E-state index in [-0.39, 0.29) is 34.8 Å². The number of pyridine rings is 1. The lowest BCUT2D eigenvalue weighted by Gasteiger charge is -2.18. The highest BCUT2D eigenvalue weighted by Crippen LogP contribution is 2.32. The van der Waals surface area contributed by atoms with Crippen molar-refractivity contribution in [2.45, 2.75) is 24.3 Å². The molecular formula is C20H18ClF3N4O3S. The lowest BCUT2D eigenvalue weighted by molar-refractivity contribution is -0.137. The number of thioether (sulfide) groups is 1. The van der Waals surface area contributed by atoms with Gasteiger partial charge in [-0.25, -0.2) is 9.97 Å². The van der Waals surface area contributed by atoms with Crippen LogP contribution in [0.25, 0.3) is 10.9 Å². The molecule has 0 saturated carbocycles. The second-order valence-electron chi connectivity index (χ2n) is 6.78. The third-order valence-electron chi connectivity index (χ3n) is 4.38. The Morgan fingerprint density at radius 1 is 1.34 bits per heavy atom. The van der Waals surface area contributed by atoms with Gasteiger partial charge in [0.05, 0.1) is 39.9 Å². The fourth-order valence-corrected chi connectivity index (χ4v) is 4.03. The van der Waals surface area contributed by atoms with Gasteiger partial charge in [-0.2, -0.15) is 13.2 Å². The van der Waals surface area contributed by atoms with E-state index in [0.29, 0.717) is 28.3 Å². The van der Waals surface area contributed by atoms with Crippen LogP contribution >= 0.6 is 23.4 Å². The zero-order chi connectivity index (χ0) is 23.5. The number of rotatable bonds is 7. The van der Waals surface area contributed by atoms with Crippen molar-refractivity contribution in [3.63, 3.8) is 0 Å². The quantitative estimate of drug-likeness (QED) is 0.393. The van der Waals surface area contributed by atoms with Gasteiger partial charge in [0.15, 0.2) is 11.0 Å². The Balaban J connectivity index is 1.82. The fraction of sp³-hybridized carbons (Fsp3) is 0.300. The maximum atomic E-state index is 13.0. The number of nitrogens with one attached hydrogen (secondary N) is 1. The van der Waals surface area contributed by atoms with Crippen molar-refractivity contribution in [2.75, 3.05) is 24.8 Å². The number of anilines is 1. The normalized spacial score (nSPS) is 12.7. The molecule has 1 unspecified atom stereocenters. The highest BCUT2D eigenvalue weighted by atomic mass is 35.5. The van der Waals surface area contributed by atoms with Gasteiger partial charge in [-0.3, -0.25) is 14.2 Å². The predicted molar refractivity (Wildman–Crippen MR) is 116 cm³/mol. The van der Waals surface area contributed by atoms with Crippen LogP contribution in [0, 0.1) is 0 Å². The van der Waals surface area contributed by atoms with E-state index >= 15 is 0 Å². The van der Waals surface area contributed by atoms with Crippen molar-refractivity contribution < 1.29 is 22.7 Å². The summed E-state index contributed by atoms with van der Waals surface area (Å²) in [6.45, 7) is 2.04. The standard InChI is InChI=1S/C20H18ClF3N4O3S/c1-11(9-31-2)28-18(30)13-5-3-4-6-15(13)26-19(28)32-10-16(29)27-17-14(21)7-12(8-25-17)20(22,23)24/h3-8,11H,9-10H2,1-2H3,(H,25,27,29). The van der Waals surface area contributed by atoms with Crippen molar-refractivity contribution in [3.05, 3.63) is 57.5 Å². The van der Waals surface area contributed by atoms with Gasteiger partial charge >= 0.3 is 6.18 Å². The van der Waals surface area contributed by atoms with Gasteiger partial charge < -0.3 is 10.1 Å². The largest absolute Gasteiger partial charge is 0.417 e. The number of nitrogens with zero attached hydrogens (tertiary/aromatic N) is 3. The van der Waals surface area contributed by atoms with E-state index in [4.69, 9.17) is 16.3 Å². The molecule has 12 heteroatoms. The van der Waals surface area contributed by atoms with Gasteiger partial charge in [0, 0.05) is 13.3 Å². The Morgan fingerprint density at radius 3 is 2.72 bits per heavy atom. The number of hydrogen-bond donors (Lipinski definition) is 1. The molecule has 0 fully saturated rings. The number of amides is 1. The molecule has 2 aromatic heterocycles. The summed E-state index contributed by atoms with van der Waals surface area (Å²) in [5.41, 5.74) is -0.810. The van der Waals surface area contributed by atoms with Crippen LogP contribution in [-0.2, 0) is 15.7 Å². The Hall–Kier alpha value is -2.63. The minimum atomic E-state index is -4.60. The van der Waals surface area contributed by atoms with Crippen LogP contribution in [-0.4, -0.2) is 39.9 Å². The molecule has 7 nitrogen and oxygen atoms in total. The minimum absolute atomic E-state index is 0.177. The van der Waals surface area contributed by atoms with E-state index in [2.05, 4.69) is 15.3 Å². The maximum absolute atomic E-state index is 13.0. The first kappa shape index (κ1) is 24.0. The second kappa shape index (κ2) is 9.88. The third-order valence-corrected chi connectivity index (χ3v) is 5.62. The van der Waals surface area contributed by atoms with E-state index in [1.54, 1.807) is 31.2 Å². The topological polar surface area (TPSA) is 86.1 Å². The molecule has 32 heavy (non-hydrogen) atoms. The molecule has 170 valence electrons. The first-order valence-electron chi connectivity index (χ1n) is 9.27. The number of carbonyl (C=O) groups is 1. The van der Waals surface area contributed by atoms with Crippen LogP contribution in [0.1, 0.15) is 18.5 Å². The van der Waals surface area contributed by atoms with Gasteiger partial charge in [0.1, 0.15) is 0 Å². The van der Waals surface area contributed by atoms with E-state index in [1.807, 2.05) is 0 Å². The van der Waals surface area contributed by atoms with E-state index in [1.165, 1.54) is 11.7 Å². The fourth-order valence-electron chi connectivity index (χ4n) is 2.91. The lowest BCUT2D eigenvalue weighted by Crippen LogP contribution is -2.29. The lowest BCUT2D eigenvalue weighted by atomic mass is 10.2. The number of ether oxygens (including phenoxy) is 1. The Morgan fingerprint density at radius 2 is 2.06 bits per heavy atom. The molecule has 0 saturated heterocycles. The van der Waals surface area contributed by atoms with Crippen LogP contribution < -0.4 is 10.9 Å². The number of fused-ring (bicyclic) bond motifs is 1. The summed E-state index contributed by atoms with van der Waals surface area (Å²) < 4.78 is 44.8. The number of benzene rings is 1. The average Bonchev–Trinajstić information content (AvgIpc) is 2.73. The number of alkyl halides is 3. The van der Waals surface area contributed by atoms with Crippen molar-refractivity contribution in [1.29, 1.82) is 0 Å². The van der Waals surface area contributed by atoms with Crippen molar-refractivity contribution in [2.24, 2.45) is 0 Å². The second-order valence-corrected chi connectivity index (χ2v) is 8.13. The molecule has 0 aliphatic carbocycles. The van der Waals surface area contributed by atoms with Crippen LogP contribution in [0.5, 0.6) is 0 Å². The van der Waals surface area contributed by atoms with Crippen molar-refractivity contribution in [3.8, 4) is 0 Å². The SMILES string of the molecule is COCC(C)n1c(SCC(=O)Nc2ncc(C(F)(F)F)cc2Cl)nc2ccccc2c1=O. The number of para-hydroxylation sites is 1. The predicted octanol–water partition coefficient (Wildman–Crippen LogP) is 4.40. The summed E-state index contributed by atoms with van der Waals surface area (Å²) in [7, 11) is 1.51. The number of methoxy groups -OCH3 is 1. The molecule has 0 aliphatic rings. The van der Waals surface area contributed by atoms with Gasteiger partial charge in [-0.1, -0.05) is 35.5 Å². The molecule has 1 atom stereocenters. The van der Waals surface area contributed by atoms with Gasteiger partial charge in [0.25, 0.3) is 5.56 Å². The number of aromatic nitrogens is 3. The molecule has 2 heterocycles. The first-order valence-corrected chi connectivity index (χ1v) is 10.6. The summed E-state index contributed by atoms with van der Waals surface area (Å²) >= 11 is 6.83. The molecule has 3 rings (SSSR count). The average molecular weight is 487 g/mol. The molecule has 0 spiro atoms. The summed E-state index contributed by atoms with van der Waals surface area (Å²) in [5.74, 6) is -0.942. The van der Waals surface area contributed by atoms with Gasteiger partial charge in [0.2, 0.25) is 5.91 Å². The summed E-state index contributed by atoms with van der Waals surface area (Å²) in [5, 5.41) is 2.78. The first-order chi connectivity index (χ1) is 15.1. The Bertz CT molecular complexity index is 1200. The number of carbonyl (C=O) groups excluding carboxylic acids is 1. The van der Waals surface area contributed by atoms with Crippen LogP contribution in [0.4, 0.5) is 19.0 Å². The molecule has 0 bridgehead atoms. The molecule has 1 amide bonds. The van der Waals surface area contributed by atoms with Crippen LogP contribution in [0.2, 0.25) is 5.02 Å². The van der Waals surface area contributed by atoms with Gasteiger partial charge in [-0.05, 0) is 25.1 Å². The summed E-state index contributed by atoms with van der Waals surface area (Å²) in [6, 6.07) is 7.18. The number of hydrogen-bond acceptors (Lipinski definition) is 6. The highest BCUT2D eigenvalue weighted by Gasteiger charge is 2.31. The molecule has 0 radical (unpaired) electrons. The van der Waals surface area contributed by atoms with E-state index < -0.39 is 17.6 Å². The zero-order valence-corrected chi connectivity index (χ0v) is 18.5. The Labute approximate surface area is 190 Å². The van der Waals surface area contributed by atoms with E-state index in [0.717, 1.165) is 11.8 Å². The summed E-state index contributed by atoms with van der Waals surface area (Å²) in [6.07, 6.45) is -4.01.